The van der Waals surface area contributed by atoms with Gasteiger partial charge in [0.15, 0.2) is 0 Å². The van der Waals surface area contributed by atoms with Crippen molar-refractivity contribution in [2.75, 3.05) is 18.0 Å². The first-order valence-electron chi connectivity index (χ1n) is 4.86. The quantitative estimate of drug-likeness (QED) is 0.670. The van der Waals surface area contributed by atoms with Gasteiger partial charge in [-0.2, -0.15) is 10.1 Å². The first-order chi connectivity index (χ1) is 7.04. The number of H-pyrrole nitrogens is 1. The molecule has 0 aromatic carbocycles. The van der Waals surface area contributed by atoms with E-state index in [9.17, 15) is 12.9 Å². The summed E-state index contributed by atoms with van der Waals surface area (Å²) in [5, 5.41) is 6.32. The van der Waals surface area contributed by atoms with Gasteiger partial charge in [0.05, 0.1) is 0 Å². The first kappa shape index (κ1) is 14.5. The van der Waals surface area contributed by atoms with Crippen molar-refractivity contribution in [3.8, 4) is 0 Å². The van der Waals surface area contributed by atoms with Crippen LogP contribution in [-0.4, -0.2) is 35.2 Å². The molecule has 0 bridgehead atoms. The minimum Gasteiger partial charge on any atom is -0.449 e. The maximum atomic E-state index is 12.2. The van der Waals surface area contributed by atoms with Gasteiger partial charge in [0.1, 0.15) is 6.33 Å². The third-order valence-corrected chi connectivity index (χ3v) is 2.59. The summed E-state index contributed by atoms with van der Waals surface area (Å²) in [6.45, 7) is -3.64. The maximum Gasteiger partial charge on any atom is 1.00 e. The zero-order valence-corrected chi connectivity index (χ0v) is 12.2. The van der Waals surface area contributed by atoms with E-state index in [0.717, 1.165) is 0 Å². The number of anilines is 1. The Bertz CT molecular complexity index is 318. The van der Waals surface area contributed by atoms with Gasteiger partial charge in [-0.3, -0.25) is 0 Å². The maximum absolute atomic E-state index is 12.2. The Labute approximate surface area is 134 Å². The predicted molar refractivity (Wildman–Crippen MR) is 50.6 cm³/mol. The second-order valence-electron chi connectivity index (χ2n) is 3.86. The number of hydrogen-bond acceptors (Lipinski definition) is 3. The molecule has 1 unspecified atom stereocenters. The van der Waals surface area contributed by atoms with Crippen molar-refractivity contribution in [3.63, 3.8) is 0 Å². The molecule has 4 nitrogen and oxygen atoms in total. The zero-order chi connectivity index (χ0) is 10.9. The molecule has 1 aliphatic heterocycles. The fourth-order valence-electron chi connectivity index (χ4n) is 1.95. The van der Waals surface area contributed by atoms with E-state index in [1.165, 1.54) is 6.33 Å². The Morgan fingerprint density at radius 1 is 1.50 bits per heavy atom. The van der Waals surface area contributed by atoms with Crippen LogP contribution in [0.2, 0.25) is 6.32 Å². The van der Waals surface area contributed by atoms with E-state index >= 15 is 0 Å². The normalized spacial score (nSPS) is 20.9. The number of aromatic amines is 1. The molecule has 1 aromatic rings. The molecule has 2 rings (SSSR count). The van der Waals surface area contributed by atoms with Crippen molar-refractivity contribution in [2.45, 2.75) is 12.7 Å². The van der Waals surface area contributed by atoms with Crippen LogP contribution in [0.1, 0.15) is 6.42 Å². The average Bonchev–Trinajstić information content (AvgIpc) is 2.68. The number of halogens is 3. The Morgan fingerprint density at radius 3 is 2.81 bits per heavy atom. The topological polar surface area (TPSA) is 44.8 Å². The summed E-state index contributed by atoms with van der Waals surface area (Å²) in [6.07, 6.45) is 1.28. The van der Waals surface area contributed by atoms with Gasteiger partial charge in [-0.05, 0) is 12.3 Å². The smallest absolute Gasteiger partial charge is 0.449 e. The summed E-state index contributed by atoms with van der Waals surface area (Å²) >= 11 is 0. The predicted octanol–water partition coefficient (Wildman–Crippen LogP) is -1.52. The monoisotopic (exact) mass is 258 g/mol. The number of hydrogen-bond donors (Lipinski definition) is 1. The van der Waals surface area contributed by atoms with E-state index in [0.29, 0.717) is 25.5 Å². The van der Waals surface area contributed by atoms with Gasteiger partial charge < -0.3 is 17.8 Å². The number of aromatic nitrogens is 3. The standard InChI is InChI=1S/C7H11BF3N4.K/c9-8(10,11)3-6-1-2-15(4-6)7-12-5-13-14-7;/h5-6H,1-4H2,(H,12,13,14);/q-1;+1. The van der Waals surface area contributed by atoms with Crippen molar-refractivity contribution in [3.05, 3.63) is 6.33 Å². The Morgan fingerprint density at radius 2 is 2.25 bits per heavy atom. The van der Waals surface area contributed by atoms with E-state index in [1.54, 1.807) is 4.90 Å². The second kappa shape index (κ2) is 5.85. The van der Waals surface area contributed by atoms with Crippen molar-refractivity contribution in [1.82, 2.24) is 15.2 Å². The van der Waals surface area contributed by atoms with Gasteiger partial charge >= 0.3 is 58.4 Å². The van der Waals surface area contributed by atoms with Crippen LogP contribution in [0.15, 0.2) is 6.33 Å². The fourth-order valence-corrected chi connectivity index (χ4v) is 1.95. The average molecular weight is 258 g/mol. The number of nitrogens with zero attached hydrogens (tertiary/aromatic N) is 3. The molecule has 0 aliphatic carbocycles. The van der Waals surface area contributed by atoms with Crippen molar-refractivity contribution >= 4 is 12.9 Å². The Balaban J connectivity index is 0.00000128. The Hall–Kier alpha value is 0.431. The van der Waals surface area contributed by atoms with Crippen LogP contribution in [0.3, 0.4) is 0 Å². The molecule has 0 radical (unpaired) electrons. The van der Waals surface area contributed by atoms with Crippen LogP contribution in [0.4, 0.5) is 18.9 Å². The fraction of sp³-hybridized carbons (Fsp3) is 0.714. The minimum absolute atomic E-state index is 0. The molecule has 1 aromatic heterocycles. The van der Waals surface area contributed by atoms with Crippen molar-refractivity contribution in [2.24, 2.45) is 5.92 Å². The molecule has 0 amide bonds. The molecule has 1 saturated heterocycles. The van der Waals surface area contributed by atoms with Gasteiger partial charge in [0, 0.05) is 13.1 Å². The third kappa shape index (κ3) is 4.03. The molecule has 2 heterocycles. The molecule has 9 heteroatoms. The summed E-state index contributed by atoms with van der Waals surface area (Å²) in [6, 6.07) is 0. The van der Waals surface area contributed by atoms with E-state index in [-0.39, 0.29) is 57.3 Å². The van der Waals surface area contributed by atoms with Crippen LogP contribution in [0.25, 0.3) is 0 Å². The molecule has 1 aliphatic rings. The van der Waals surface area contributed by atoms with Crippen LogP contribution in [-0.2, 0) is 0 Å². The van der Waals surface area contributed by atoms with Crippen LogP contribution >= 0.6 is 0 Å². The largest absolute Gasteiger partial charge is 1.00 e. The summed E-state index contributed by atoms with van der Waals surface area (Å²) in [5.41, 5.74) is 0. The molecule has 1 N–H and O–H groups in total. The van der Waals surface area contributed by atoms with Crippen molar-refractivity contribution in [1.29, 1.82) is 0 Å². The van der Waals surface area contributed by atoms with Gasteiger partial charge in [0.2, 0.25) is 5.95 Å². The number of rotatable bonds is 3. The van der Waals surface area contributed by atoms with Crippen LogP contribution < -0.4 is 56.3 Å². The third-order valence-electron chi connectivity index (χ3n) is 2.59. The van der Waals surface area contributed by atoms with E-state index in [1.807, 2.05) is 0 Å². The molecule has 84 valence electrons. The summed E-state index contributed by atoms with van der Waals surface area (Å²) < 4.78 is 36.6. The van der Waals surface area contributed by atoms with E-state index in [2.05, 4.69) is 15.2 Å². The summed E-state index contributed by atoms with van der Waals surface area (Å²) in [7, 11) is 0. The number of nitrogens with one attached hydrogen (secondary N) is 1. The molecule has 1 atom stereocenters. The van der Waals surface area contributed by atoms with E-state index < -0.39 is 13.3 Å². The van der Waals surface area contributed by atoms with Gasteiger partial charge in [-0.15, -0.1) is 0 Å². The molecular formula is C7H11BF3KN4. The van der Waals surface area contributed by atoms with Crippen molar-refractivity contribution < 1.29 is 64.3 Å². The summed E-state index contributed by atoms with van der Waals surface area (Å²) in [4.78, 5) is 5.72. The molecular weight excluding hydrogens is 247 g/mol. The Kier molecular flexibility index (Phi) is 5.30. The van der Waals surface area contributed by atoms with E-state index in [4.69, 9.17) is 0 Å². The van der Waals surface area contributed by atoms with Crippen LogP contribution in [0, 0.1) is 5.92 Å². The molecule has 0 saturated carbocycles. The minimum atomic E-state index is -4.67. The molecule has 16 heavy (non-hydrogen) atoms. The second-order valence-corrected chi connectivity index (χ2v) is 3.86. The van der Waals surface area contributed by atoms with Gasteiger partial charge in [0.25, 0.3) is 0 Å². The SMILES string of the molecule is F[B-](F)(F)CC1CCN(c2ncn[nH]2)C1.[K+]. The molecule has 1 fully saturated rings. The summed E-state index contributed by atoms with van der Waals surface area (Å²) in [5.74, 6) is 0.266. The molecule has 0 spiro atoms. The van der Waals surface area contributed by atoms with Gasteiger partial charge in [-0.25, -0.2) is 5.10 Å². The van der Waals surface area contributed by atoms with Gasteiger partial charge in [-0.1, -0.05) is 6.32 Å². The first-order valence-corrected chi connectivity index (χ1v) is 4.86. The van der Waals surface area contributed by atoms with Crippen LogP contribution in [0.5, 0.6) is 0 Å². The zero-order valence-electron chi connectivity index (χ0n) is 9.04.